The van der Waals surface area contributed by atoms with E-state index in [1.165, 1.54) is 16.7 Å². The van der Waals surface area contributed by atoms with Crippen molar-refractivity contribution in [1.82, 2.24) is 0 Å². The van der Waals surface area contributed by atoms with Crippen molar-refractivity contribution in [2.24, 2.45) is 11.3 Å². The fourth-order valence-corrected chi connectivity index (χ4v) is 4.15. The van der Waals surface area contributed by atoms with Crippen LogP contribution in [0.25, 0.3) is 0 Å². The molecule has 0 bridgehead atoms. The smallest absolute Gasteiger partial charge is 0.147 e. The van der Waals surface area contributed by atoms with E-state index in [4.69, 9.17) is 9.47 Å². The molecule has 0 aromatic carbocycles. The van der Waals surface area contributed by atoms with Crippen LogP contribution in [0.5, 0.6) is 0 Å². The Bertz CT molecular complexity index is 536. The number of hydrogen-bond acceptors (Lipinski definition) is 3. The molecule has 3 nitrogen and oxygen atoms in total. The third kappa shape index (κ3) is 6.47. The average molecular weight is 476 g/mol. The lowest BCUT2D eigenvalue weighted by Crippen LogP contribution is -2.39. The summed E-state index contributed by atoms with van der Waals surface area (Å²) in [7, 11) is 1.64. The van der Waals surface area contributed by atoms with Crippen molar-refractivity contribution >= 4 is 22.6 Å². The van der Waals surface area contributed by atoms with Gasteiger partial charge in [0.25, 0.3) is 0 Å². The second-order valence-corrected chi connectivity index (χ2v) is 8.59. The third-order valence-corrected chi connectivity index (χ3v) is 7.26. The summed E-state index contributed by atoms with van der Waals surface area (Å²) in [6, 6.07) is 0. The van der Waals surface area contributed by atoms with E-state index in [1.807, 2.05) is 0 Å². The standard InChI is InChI=1S/C22H37IO3/c1-16(8-7-9-17(2)13-23)10-11-22(5)18(3)12-21(26-15-25-6)20(14-24)19(22)4/h8,13,18,21,24H,7,9-12,14-15H2,1-6H3/b16-8+,17-13+/t18-,21+,22-/m1/s1. The molecule has 0 saturated carbocycles. The summed E-state index contributed by atoms with van der Waals surface area (Å²) in [5, 5.41) is 9.92. The summed E-state index contributed by atoms with van der Waals surface area (Å²) in [5.74, 6) is 0.511. The van der Waals surface area contributed by atoms with E-state index in [2.05, 4.69) is 67.4 Å². The normalized spacial score (nSPS) is 28.0. The first kappa shape index (κ1) is 23.9. The van der Waals surface area contributed by atoms with Gasteiger partial charge in [0.2, 0.25) is 0 Å². The average Bonchev–Trinajstić information content (AvgIpc) is 2.62. The minimum absolute atomic E-state index is 0.0253. The van der Waals surface area contributed by atoms with Crippen LogP contribution in [0.15, 0.2) is 32.5 Å². The number of methoxy groups -OCH3 is 1. The molecule has 0 radical (unpaired) electrons. The summed E-state index contributed by atoms with van der Waals surface area (Å²) in [6.45, 7) is 11.6. The number of aliphatic hydroxyl groups is 1. The minimum Gasteiger partial charge on any atom is -0.392 e. The Balaban J connectivity index is 2.81. The molecule has 3 atom stereocenters. The predicted molar refractivity (Wildman–Crippen MR) is 118 cm³/mol. The highest BCUT2D eigenvalue weighted by Crippen LogP contribution is 2.48. The fraction of sp³-hybridized carbons (Fsp3) is 0.727. The van der Waals surface area contributed by atoms with Crippen molar-refractivity contribution in [3.05, 3.63) is 32.5 Å². The molecule has 0 amide bonds. The Morgan fingerprint density at radius 1 is 1.31 bits per heavy atom. The van der Waals surface area contributed by atoms with Crippen LogP contribution in [-0.2, 0) is 9.47 Å². The molecule has 0 saturated heterocycles. The highest BCUT2D eigenvalue weighted by molar-refractivity contribution is 14.1. The van der Waals surface area contributed by atoms with Gasteiger partial charge in [0, 0.05) is 7.11 Å². The molecule has 1 aliphatic rings. The van der Waals surface area contributed by atoms with Gasteiger partial charge in [0.05, 0.1) is 12.7 Å². The molecule has 4 heteroatoms. The molecule has 0 heterocycles. The van der Waals surface area contributed by atoms with Gasteiger partial charge >= 0.3 is 0 Å². The van der Waals surface area contributed by atoms with Crippen LogP contribution in [-0.4, -0.2) is 31.7 Å². The molecule has 0 aromatic rings. The Hall–Kier alpha value is -0.170. The number of halogens is 1. The quantitative estimate of drug-likeness (QED) is 0.233. The van der Waals surface area contributed by atoms with E-state index in [1.54, 1.807) is 7.11 Å². The number of rotatable bonds is 10. The maximum Gasteiger partial charge on any atom is 0.147 e. The first-order chi connectivity index (χ1) is 12.3. The maximum atomic E-state index is 9.92. The van der Waals surface area contributed by atoms with Gasteiger partial charge in [0.15, 0.2) is 0 Å². The second-order valence-electron chi connectivity index (χ2n) is 7.97. The van der Waals surface area contributed by atoms with Crippen LogP contribution in [0.2, 0.25) is 0 Å². The van der Waals surface area contributed by atoms with Gasteiger partial charge in [-0.3, -0.25) is 0 Å². The summed E-state index contributed by atoms with van der Waals surface area (Å²) < 4.78 is 13.1. The van der Waals surface area contributed by atoms with Crippen LogP contribution < -0.4 is 0 Å². The highest BCUT2D eigenvalue weighted by Gasteiger charge is 2.41. The van der Waals surface area contributed by atoms with E-state index in [-0.39, 0.29) is 24.9 Å². The first-order valence-corrected chi connectivity index (χ1v) is 10.9. The van der Waals surface area contributed by atoms with Gasteiger partial charge in [-0.15, -0.1) is 0 Å². The van der Waals surface area contributed by atoms with Crippen LogP contribution in [0.1, 0.15) is 66.7 Å². The lowest BCUT2D eigenvalue weighted by atomic mass is 9.62. The Morgan fingerprint density at radius 3 is 2.58 bits per heavy atom. The zero-order valence-electron chi connectivity index (χ0n) is 17.4. The molecule has 1 N–H and O–H groups in total. The molecule has 0 aromatic heterocycles. The predicted octanol–water partition coefficient (Wildman–Crippen LogP) is 6.18. The SMILES string of the molecule is COCO[C@H]1C[C@@H](C)[C@@](C)(CC/C(C)=C/CC/C(C)=C/I)C(C)=C1CO. The van der Waals surface area contributed by atoms with Crippen LogP contribution in [0, 0.1) is 11.3 Å². The van der Waals surface area contributed by atoms with E-state index in [0.29, 0.717) is 5.92 Å². The van der Waals surface area contributed by atoms with Gasteiger partial charge in [-0.05, 0) is 73.9 Å². The van der Waals surface area contributed by atoms with E-state index in [0.717, 1.165) is 37.7 Å². The van der Waals surface area contributed by atoms with E-state index in [9.17, 15) is 5.11 Å². The monoisotopic (exact) mass is 476 g/mol. The summed E-state index contributed by atoms with van der Waals surface area (Å²) >= 11 is 2.31. The molecule has 0 spiro atoms. The number of hydrogen-bond donors (Lipinski definition) is 1. The molecule has 0 aliphatic heterocycles. The largest absolute Gasteiger partial charge is 0.392 e. The molecule has 1 rings (SSSR count). The Morgan fingerprint density at radius 2 is 2.00 bits per heavy atom. The van der Waals surface area contributed by atoms with Gasteiger partial charge in [0.1, 0.15) is 6.79 Å². The second kappa shape index (κ2) is 11.6. The van der Waals surface area contributed by atoms with Crippen molar-refractivity contribution in [3.63, 3.8) is 0 Å². The summed E-state index contributed by atoms with van der Waals surface area (Å²) in [4.78, 5) is 0. The maximum absolute atomic E-state index is 9.92. The number of ether oxygens (including phenoxy) is 2. The van der Waals surface area contributed by atoms with Crippen molar-refractivity contribution < 1.29 is 14.6 Å². The van der Waals surface area contributed by atoms with E-state index < -0.39 is 0 Å². The Kier molecular flexibility index (Phi) is 10.7. The zero-order chi connectivity index (χ0) is 19.7. The minimum atomic E-state index is -0.0253. The molecule has 26 heavy (non-hydrogen) atoms. The summed E-state index contributed by atoms with van der Waals surface area (Å²) in [6.07, 6.45) is 7.78. The molecule has 0 unspecified atom stereocenters. The van der Waals surface area contributed by atoms with Crippen molar-refractivity contribution in [1.29, 1.82) is 0 Å². The number of allylic oxidation sites excluding steroid dienone is 4. The lowest BCUT2D eigenvalue weighted by Gasteiger charge is -2.45. The molecule has 150 valence electrons. The zero-order valence-corrected chi connectivity index (χ0v) is 19.6. The van der Waals surface area contributed by atoms with Gasteiger partial charge in [-0.2, -0.15) is 0 Å². The van der Waals surface area contributed by atoms with Gasteiger partial charge < -0.3 is 14.6 Å². The Labute approximate surface area is 174 Å². The molecule has 0 fully saturated rings. The first-order valence-electron chi connectivity index (χ1n) is 9.63. The third-order valence-electron chi connectivity index (χ3n) is 6.20. The molecule has 1 aliphatic carbocycles. The molecular formula is C22H37IO3. The lowest BCUT2D eigenvalue weighted by molar-refractivity contribution is -0.0770. The van der Waals surface area contributed by atoms with Crippen molar-refractivity contribution in [3.8, 4) is 0 Å². The highest BCUT2D eigenvalue weighted by atomic mass is 127. The van der Waals surface area contributed by atoms with Crippen molar-refractivity contribution in [2.75, 3.05) is 20.5 Å². The number of aliphatic hydroxyl groups excluding tert-OH is 1. The molecular weight excluding hydrogens is 439 g/mol. The summed E-state index contributed by atoms with van der Waals surface area (Å²) in [5.41, 5.74) is 5.37. The van der Waals surface area contributed by atoms with Gasteiger partial charge in [-0.25, -0.2) is 0 Å². The van der Waals surface area contributed by atoms with Crippen LogP contribution in [0.4, 0.5) is 0 Å². The van der Waals surface area contributed by atoms with Crippen LogP contribution >= 0.6 is 22.6 Å². The van der Waals surface area contributed by atoms with E-state index >= 15 is 0 Å². The van der Waals surface area contributed by atoms with Gasteiger partial charge in [-0.1, -0.05) is 59.2 Å². The fourth-order valence-electron chi connectivity index (χ4n) is 3.83. The topological polar surface area (TPSA) is 38.7 Å². The van der Waals surface area contributed by atoms with Crippen molar-refractivity contribution in [2.45, 2.75) is 72.8 Å². The van der Waals surface area contributed by atoms with Crippen LogP contribution in [0.3, 0.4) is 0 Å².